The molecule has 0 atom stereocenters. The fourth-order valence-electron chi connectivity index (χ4n) is 3.39. The average Bonchev–Trinajstić information content (AvgIpc) is 2.70. The molecule has 4 rings (SSSR count). The lowest BCUT2D eigenvalue weighted by Gasteiger charge is -2.17. The Morgan fingerprint density at radius 3 is 2.21 bits per heavy atom. The Balaban J connectivity index is 2.09. The topological polar surface area (TPSA) is 70.4 Å². The van der Waals surface area contributed by atoms with Crippen LogP contribution in [0.3, 0.4) is 0 Å². The van der Waals surface area contributed by atoms with Gasteiger partial charge in [0.15, 0.2) is 10.9 Å². The molecule has 3 aromatic carbocycles. The van der Waals surface area contributed by atoms with Crippen LogP contribution in [0.5, 0.6) is 5.75 Å². The molecule has 7 heteroatoms. The second-order valence-corrected chi connectivity index (χ2v) is 6.87. The molecule has 0 spiro atoms. The summed E-state index contributed by atoms with van der Waals surface area (Å²) in [6.07, 6.45) is 0. The Bertz CT molecular complexity index is 1260. The predicted molar refractivity (Wildman–Crippen MR) is 112 cm³/mol. The molecule has 0 unspecified atom stereocenters. The van der Waals surface area contributed by atoms with E-state index in [1.54, 1.807) is 0 Å². The minimum absolute atomic E-state index is 0.00580. The van der Waals surface area contributed by atoms with E-state index in [2.05, 4.69) is 11.2 Å². The van der Waals surface area contributed by atoms with Gasteiger partial charge in [0.25, 0.3) is 5.56 Å². The third-order valence-electron chi connectivity index (χ3n) is 4.65. The van der Waals surface area contributed by atoms with Gasteiger partial charge in [-0.3, -0.25) is 9.59 Å². The number of aryl methyl sites for hydroxylation is 1. The molecule has 0 radical (unpaired) electrons. The lowest BCUT2D eigenvalue weighted by Crippen LogP contribution is -2.23. The van der Waals surface area contributed by atoms with Crippen LogP contribution in [0, 0.1) is 0 Å². The van der Waals surface area contributed by atoms with Crippen molar-refractivity contribution >= 4 is 39.1 Å². The van der Waals surface area contributed by atoms with Crippen molar-refractivity contribution < 1.29 is 14.3 Å². The predicted octanol–water partition coefficient (Wildman–Crippen LogP) is 4.31. The van der Waals surface area contributed by atoms with Crippen LogP contribution in [0.15, 0.2) is 59.4 Å². The Hall–Kier alpha value is -3.38. The summed E-state index contributed by atoms with van der Waals surface area (Å²) in [6, 6.07) is 17.6. The van der Waals surface area contributed by atoms with Crippen molar-refractivity contribution in [3.63, 3.8) is 0 Å². The van der Waals surface area contributed by atoms with Gasteiger partial charge < -0.3 is 9.47 Å². The highest BCUT2D eigenvalue weighted by Gasteiger charge is 2.22. The number of hydrogen-bond acceptors (Lipinski definition) is 5. The Kier molecular flexibility index (Phi) is 4.94. The van der Waals surface area contributed by atoms with E-state index in [-0.39, 0.29) is 28.8 Å². The van der Waals surface area contributed by atoms with Crippen molar-refractivity contribution in [2.24, 2.45) is 7.05 Å². The van der Waals surface area contributed by atoms with Crippen molar-refractivity contribution in [2.75, 3.05) is 6.79 Å². The van der Waals surface area contributed by atoms with Gasteiger partial charge in [-0.05, 0) is 27.6 Å². The highest BCUT2D eigenvalue weighted by Crippen LogP contribution is 2.40. The van der Waals surface area contributed by atoms with E-state index < -0.39 is 5.97 Å². The number of benzene rings is 3. The maximum atomic E-state index is 13.2. The fraction of sp³-hybridized carbons (Fsp3) is 0.136. The van der Waals surface area contributed by atoms with Crippen LogP contribution in [0.1, 0.15) is 6.92 Å². The maximum Gasteiger partial charge on any atom is 0.305 e. The fourth-order valence-corrected chi connectivity index (χ4v) is 3.65. The molecule has 1 aromatic heterocycles. The maximum absolute atomic E-state index is 13.2. The zero-order chi connectivity index (χ0) is 20.5. The summed E-state index contributed by atoms with van der Waals surface area (Å²) in [5.74, 6) is -0.424. The van der Waals surface area contributed by atoms with E-state index >= 15 is 0 Å². The lowest BCUT2D eigenvalue weighted by molar-refractivity contribution is -0.147. The molecule has 0 fully saturated rings. The van der Waals surface area contributed by atoms with E-state index in [1.807, 2.05) is 48.5 Å². The number of fused-ring (bicyclic) bond motifs is 2. The molecule has 0 saturated carbocycles. The monoisotopic (exact) mass is 408 g/mol. The second kappa shape index (κ2) is 7.56. The first kappa shape index (κ1) is 19.0. The Morgan fingerprint density at radius 1 is 1.03 bits per heavy atom. The van der Waals surface area contributed by atoms with Gasteiger partial charge in [-0.2, -0.15) is 5.10 Å². The molecule has 0 saturated heterocycles. The zero-order valence-corrected chi connectivity index (χ0v) is 16.6. The molecular weight excluding hydrogens is 392 g/mol. The smallest absolute Gasteiger partial charge is 0.305 e. The van der Waals surface area contributed by atoms with Crippen LogP contribution in [0.25, 0.3) is 32.7 Å². The number of ether oxygens (including phenoxy) is 2. The number of halogens is 1. The van der Waals surface area contributed by atoms with Crippen LogP contribution in [0.2, 0.25) is 5.15 Å². The number of carbonyl (C=O) groups excluding carboxylic acids is 1. The van der Waals surface area contributed by atoms with E-state index in [4.69, 9.17) is 21.1 Å². The molecule has 146 valence electrons. The van der Waals surface area contributed by atoms with E-state index in [1.165, 1.54) is 18.7 Å². The summed E-state index contributed by atoms with van der Waals surface area (Å²) >= 11 is 6.34. The summed E-state index contributed by atoms with van der Waals surface area (Å²) in [5.41, 5.74) is 0.600. The minimum Gasteiger partial charge on any atom is -0.453 e. The number of carbonyl (C=O) groups is 1. The molecule has 0 aliphatic carbocycles. The van der Waals surface area contributed by atoms with Gasteiger partial charge in [0, 0.05) is 19.5 Å². The standard InChI is InChI=1S/C22H17ClN2O4/c1-13(26)28-12-29-20-19(22(27)25(2)24-21(20)23)18-16-9-5-3-7-14(16)11-15-8-4-6-10-17(15)18/h3-11H,12H2,1-2H3. The van der Waals surface area contributed by atoms with Crippen LogP contribution < -0.4 is 10.3 Å². The molecule has 0 aliphatic rings. The van der Waals surface area contributed by atoms with E-state index in [0.717, 1.165) is 21.5 Å². The number of nitrogens with zero attached hydrogens (tertiary/aromatic N) is 2. The van der Waals surface area contributed by atoms with E-state index in [0.29, 0.717) is 5.56 Å². The number of aromatic nitrogens is 2. The van der Waals surface area contributed by atoms with Gasteiger partial charge in [-0.25, -0.2) is 4.68 Å². The number of hydrogen-bond donors (Lipinski definition) is 0. The second-order valence-electron chi connectivity index (χ2n) is 6.52. The largest absolute Gasteiger partial charge is 0.453 e. The third kappa shape index (κ3) is 3.43. The van der Waals surface area contributed by atoms with Gasteiger partial charge in [-0.15, -0.1) is 0 Å². The normalized spacial score (nSPS) is 11.0. The van der Waals surface area contributed by atoms with Crippen molar-refractivity contribution in [2.45, 2.75) is 6.92 Å². The molecule has 0 amide bonds. The zero-order valence-electron chi connectivity index (χ0n) is 15.8. The van der Waals surface area contributed by atoms with Gasteiger partial charge >= 0.3 is 5.97 Å². The van der Waals surface area contributed by atoms with Gasteiger partial charge in [-0.1, -0.05) is 60.1 Å². The molecule has 4 aromatic rings. The van der Waals surface area contributed by atoms with Crippen molar-refractivity contribution in [1.29, 1.82) is 0 Å². The van der Waals surface area contributed by atoms with Crippen LogP contribution >= 0.6 is 11.6 Å². The molecule has 1 heterocycles. The first-order valence-corrected chi connectivity index (χ1v) is 9.29. The van der Waals surface area contributed by atoms with Crippen molar-refractivity contribution in [3.05, 3.63) is 70.1 Å². The minimum atomic E-state index is -0.505. The first-order valence-electron chi connectivity index (χ1n) is 8.91. The third-order valence-corrected chi connectivity index (χ3v) is 4.89. The Labute approximate surface area is 171 Å². The van der Waals surface area contributed by atoms with Gasteiger partial charge in [0.1, 0.15) is 0 Å². The lowest BCUT2D eigenvalue weighted by atomic mass is 9.92. The van der Waals surface area contributed by atoms with Gasteiger partial charge in [0.2, 0.25) is 6.79 Å². The summed E-state index contributed by atoms with van der Waals surface area (Å²) in [5, 5.41) is 7.73. The van der Waals surface area contributed by atoms with Crippen LogP contribution in [0.4, 0.5) is 0 Å². The summed E-state index contributed by atoms with van der Waals surface area (Å²) < 4.78 is 11.7. The molecule has 6 nitrogen and oxygen atoms in total. The van der Waals surface area contributed by atoms with Crippen molar-refractivity contribution in [1.82, 2.24) is 9.78 Å². The molecular formula is C22H17ClN2O4. The first-order chi connectivity index (χ1) is 14.0. The van der Waals surface area contributed by atoms with Crippen molar-refractivity contribution in [3.8, 4) is 16.9 Å². The number of esters is 1. The highest BCUT2D eigenvalue weighted by molar-refractivity contribution is 6.31. The molecule has 0 bridgehead atoms. The molecule has 0 N–H and O–H groups in total. The van der Waals surface area contributed by atoms with Crippen LogP contribution in [-0.4, -0.2) is 22.5 Å². The summed E-state index contributed by atoms with van der Waals surface area (Å²) in [7, 11) is 1.53. The Morgan fingerprint density at radius 2 is 1.62 bits per heavy atom. The number of rotatable bonds is 4. The quantitative estimate of drug-likeness (QED) is 0.286. The average molecular weight is 409 g/mol. The van der Waals surface area contributed by atoms with Crippen LogP contribution in [-0.2, 0) is 16.6 Å². The molecule has 29 heavy (non-hydrogen) atoms. The summed E-state index contributed by atoms with van der Waals surface area (Å²) in [4.78, 5) is 24.3. The SMILES string of the molecule is CC(=O)OCOc1c(Cl)nn(C)c(=O)c1-c1c2ccccc2cc2ccccc12. The van der Waals surface area contributed by atoms with E-state index in [9.17, 15) is 9.59 Å². The highest BCUT2D eigenvalue weighted by atomic mass is 35.5. The van der Waals surface area contributed by atoms with Gasteiger partial charge in [0.05, 0.1) is 5.56 Å². The molecule has 0 aliphatic heterocycles. The summed E-state index contributed by atoms with van der Waals surface area (Å²) in [6.45, 7) is 0.895.